The van der Waals surface area contributed by atoms with Gasteiger partial charge in [-0.2, -0.15) is 0 Å². The summed E-state index contributed by atoms with van der Waals surface area (Å²) in [7, 11) is 0. The number of nitrogens with one attached hydrogen (secondary N) is 2. The standard InChI is InChI=1S/C22H26N4O3S/c1-13(2)9-23-21(28)15-11-26(14(3)4)12-16(20(15)27)22(29)24-10-19-25-17-7-5-6-8-18(17)30-19/h5-8,11-14H,9-10H2,1-4H3,(H,23,28)(H,24,29). The number of pyridine rings is 1. The summed E-state index contributed by atoms with van der Waals surface area (Å²) in [6.45, 7) is 8.44. The van der Waals surface area contributed by atoms with Gasteiger partial charge in [0.2, 0.25) is 5.43 Å². The number of fused-ring (bicyclic) bond motifs is 1. The number of rotatable bonds is 7. The average Bonchev–Trinajstić information content (AvgIpc) is 3.13. The zero-order chi connectivity index (χ0) is 21.8. The lowest BCUT2D eigenvalue weighted by Gasteiger charge is -2.15. The van der Waals surface area contributed by atoms with Gasteiger partial charge in [-0.05, 0) is 31.9 Å². The number of carbonyl (C=O) groups is 2. The van der Waals surface area contributed by atoms with Crippen LogP contribution in [0.3, 0.4) is 0 Å². The molecule has 2 amide bonds. The van der Waals surface area contributed by atoms with Gasteiger partial charge in [0, 0.05) is 25.0 Å². The Balaban J connectivity index is 1.84. The van der Waals surface area contributed by atoms with Crippen molar-refractivity contribution in [3.05, 3.63) is 63.0 Å². The predicted octanol–water partition coefficient (Wildman–Crippen LogP) is 3.35. The highest BCUT2D eigenvalue weighted by Gasteiger charge is 2.20. The van der Waals surface area contributed by atoms with E-state index in [0.717, 1.165) is 15.2 Å². The Morgan fingerprint density at radius 3 is 2.27 bits per heavy atom. The van der Waals surface area contributed by atoms with E-state index in [4.69, 9.17) is 0 Å². The molecule has 0 saturated heterocycles. The van der Waals surface area contributed by atoms with Crippen molar-refractivity contribution in [3.63, 3.8) is 0 Å². The minimum Gasteiger partial charge on any atom is -0.352 e. The molecule has 0 aliphatic heterocycles. The molecule has 0 fully saturated rings. The molecule has 3 aromatic rings. The third-order valence-corrected chi connectivity index (χ3v) is 5.58. The second-order valence-electron chi connectivity index (χ2n) is 7.82. The second-order valence-corrected chi connectivity index (χ2v) is 8.93. The van der Waals surface area contributed by atoms with Gasteiger partial charge in [0.15, 0.2) is 0 Å². The van der Waals surface area contributed by atoms with Gasteiger partial charge in [-0.15, -0.1) is 11.3 Å². The van der Waals surface area contributed by atoms with Crippen molar-refractivity contribution in [1.82, 2.24) is 20.2 Å². The van der Waals surface area contributed by atoms with E-state index >= 15 is 0 Å². The lowest BCUT2D eigenvalue weighted by atomic mass is 10.1. The molecule has 0 bridgehead atoms. The molecule has 3 rings (SSSR count). The van der Waals surface area contributed by atoms with Crippen molar-refractivity contribution < 1.29 is 9.59 Å². The van der Waals surface area contributed by atoms with Gasteiger partial charge in [-0.3, -0.25) is 14.4 Å². The Bertz CT molecular complexity index is 1100. The highest BCUT2D eigenvalue weighted by Crippen LogP contribution is 2.21. The van der Waals surface area contributed by atoms with Gasteiger partial charge in [-0.1, -0.05) is 26.0 Å². The molecule has 0 saturated carbocycles. The number of para-hydroxylation sites is 1. The van der Waals surface area contributed by atoms with Crippen LogP contribution in [0.2, 0.25) is 0 Å². The fourth-order valence-electron chi connectivity index (χ4n) is 2.86. The monoisotopic (exact) mass is 426 g/mol. The summed E-state index contributed by atoms with van der Waals surface area (Å²) in [5.41, 5.74) is 0.215. The molecular weight excluding hydrogens is 400 g/mol. The van der Waals surface area contributed by atoms with Crippen LogP contribution in [-0.4, -0.2) is 27.9 Å². The number of hydrogen-bond donors (Lipinski definition) is 2. The van der Waals surface area contributed by atoms with Crippen LogP contribution in [0, 0.1) is 5.92 Å². The Morgan fingerprint density at radius 2 is 1.67 bits per heavy atom. The molecule has 8 heteroatoms. The maximum Gasteiger partial charge on any atom is 0.257 e. The summed E-state index contributed by atoms with van der Waals surface area (Å²) in [4.78, 5) is 42.7. The molecule has 0 atom stereocenters. The van der Waals surface area contributed by atoms with Crippen molar-refractivity contribution in [3.8, 4) is 0 Å². The van der Waals surface area contributed by atoms with E-state index in [1.165, 1.54) is 23.7 Å². The third kappa shape index (κ3) is 4.94. The summed E-state index contributed by atoms with van der Waals surface area (Å²) < 4.78 is 2.74. The number of amides is 2. The SMILES string of the molecule is CC(C)CNC(=O)c1cn(C(C)C)cc(C(=O)NCc2nc3ccccc3s2)c1=O. The lowest BCUT2D eigenvalue weighted by Crippen LogP contribution is -2.36. The molecule has 0 aliphatic rings. The summed E-state index contributed by atoms with van der Waals surface area (Å²) in [6, 6.07) is 7.72. The van der Waals surface area contributed by atoms with E-state index in [1.807, 2.05) is 52.0 Å². The molecule has 0 unspecified atom stereocenters. The van der Waals surface area contributed by atoms with Gasteiger partial charge in [0.25, 0.3) is 11.8 Å². The molecule has 1 aromatic carbocycles. The van der Waals surface area contributed by atoms with Crippen LogP contribution in [0.25, 0.3) is 10.2 Å². The lowest BCUT2D eigenvalue weighted by molar-refractivity contribution is 0.0946. The molecule has 0 aliphatic carbocycles. The summed E-state index contributed by atoms with van der Waals surface area (Å²) in [5, 5.41) is 6.27. The normalized spacial score (nSPS) is 11.3. The van der Waals surface area contributed by atoms with Gasteiger partial charge in [0.05, 0.1) is 16.8 Å². The van der Waals surface area contributed by atoms with Crippen molar-refractivity contribution in [2.75, 3.05) is 6.54 Å². The van der Waals surface area contributed by atoms with Crippen molar-refractivity contribution in [2.24, 2.45) is 5.92 Å². The van der Waals surface area contributed by atoms with Crippen LogP contribution in [0.15, 0.2) is 41.5 Å². The van der Waals surface area contributed by atoms with Crippen LogP contribution < -0.4 is 16.1 Å². The first-order chi connectivity index (χ1) is 14.3. The first kappa shape index (κ1) is 21.7. The fourth-order valence-corrected chi connectivity index (χ4v) is 3.77. The zero-order valence-corrected chi connectivity index (χ0v) is 18.4. The Morgan fingerprint density at radius 1 is 1.03 bits per heavy atom. The Kier molecular flexibility index (Phi) is 6.66. The van der Waals surface area contributed by atoms with Crippen LogP contribution >= 0.6 is 11.3 Å². The van der Waals surface area contributed by atoms with Gasteiger partial charge in [-0.25, -0.2) is 4.98 Å². The highest BCUT2D eigenvalue weighted by atomic mass is 32.1. The second kappa shape index (κ2) is 9.21. The Labute approximate surface area is 179 Å². The molecule has 30 heavy (non-hydrogen) atoms. The Hall–Kier alpha value is -3.00. The van der Waals surface area contributed by atoms with Crippen molar-refractivity contribution >= 4 is 33.4 Å². The fraction of sp³-hybridized carbons (Fsp3) is 0.364. The number of benzene rings is 1. The molecule has 7 nitrogen and oxygen atoms in total. The van der Waals surface area contributed by atoms with Crippen molar-refractivity contribution in [1.29, 1.82) is 0 Å². The number of aromatic nitrogens is 2. The zero-order valence-electron chi connectivity index (χ0n) is 17.6. The minimum atomic E-state index is -0.574. The van der Waals surface area contributed by atoms with E-state index in [1.54, 1.807) is 4.57 Å². The van der Waals surface area contributed by atoms with Crippen LogP contribution in [0.5, 0.6) is 0 Å². The molecule has 0 radical (unpaired) electrons. The molecule has 0 spiro atoms. The number of hydrogen-bond acceptors (Lipinski definition) is 5. The van der Waals surface area contributed by atoms with Gasteiger partial charge in [0.1, 0.15) is 16.1 Å². The van der Waals surface area contributed by atoms with Crippen LogP contribution in [-0.2, 0) is 6.54 Å². The topological polar surface area (TPSA) is 93.1 Å². The smallest absolute Gasteiger partial charge is 0.257 e. The van der Waals surface area contributed by atoms with E-state index < -0.39 is 17.2 Å². The molecule has 2 heterocycles. The molecule has 158 valence electrons. The van der Waals surface area contributed by atoms with Gasteiger partial charge < -0.3 is 15.2 Å². The van der Waals surface area contributed by atoms with Crippen molar-refractivity contribution in [2.45, 2.75) is 40.3 Å². The van der Waals surface area contributed by atoms with Crippen LogP contribution in [0.1, 0.15) is 59.5 Å². The quantitative estimate of drug-likeness (QED) is 0.606. The maximum atomic E-state index is 12.9. The van der Waals surface area contributed by atoms with E-state index in [0.29, 0.717) is 6.54 Å². The first-order valence-corrected chi connectivity index (χ1v) is 10.7. The highest BCUT2D eigenvalue weighted by molar-refractivity contribution is 7.18. The minimum absolute atomic E-state index is 0.0157. The van der Waals surface area contributed by atoms with Crippen LogP contribution in [0.4, 0.5) is 0 Å². The maximum absolute atomic E-state index is 12.9. The molecule has 2 aromatic heterocycles. The largest absolute Gasteiger partial charge is 0.352 e. The summed E-state index contributed by atoms with van der Waals surface area (Å²) >= 11 is 1.49. The average molecular weight is 427 g/mol. The third-order valence-electron chi connectivity index (χ3n) is 4.54. The van der Waals surface area contributed by atoms with E-state index in [2.05, 4.69) is 15.6 Å². The van der Waals surface area contributed by atoms with E-state index in [-0.39, 0.29) is 29.6 Å². The molecule has 2 N–H and O–H groups in total. The summed E-state index contributed by atoms with van der Waals surface area (Å²) in [6.07, 6.45) is 3.01. The summed E-state index contributed by atoms with van der Waals surface area (Å²) in [5.74, 6) is -0.738. The first-order valence-electron chi connectivity index (χ1n) is 9.93. The molecular formula is C22H26N4O3S. The number of carbonyl (C=O) groups excluding carboxylic acids is 2. The predicted molar refractivity (Wildman–Crippen MR) is 119 cm³/mol. The number of thiazole rings is 1. The van der Waals surface area contributed by atoms with E-state index in [9.17, 15) is 14.4 Å². The van der Waals surface area contributed by atoms with Gasteiger partial charge >= 0.3 is 0 Å². The number of nitrogens with zero attached hydrogens (tertiary/aromatic N) is 2.